The van der Waals surface area contributed by atoms with Gasteiger partial charge in [-0.2, -0.15) is 0 Å². The highest BCUT2D eigenvalue weighted by atomic mass is 31.2. The SMILES string of the molecule is CC/C=C\C/C=C\C/C=C\C/C=C\C/C=C\CCCCCCCCCCCCCCCCCCCC(=O)OC(COC(=O)CCCCCCCCCCCCC/C=C\C/C=C\CCCCCCC)COP(=O)(O)OCCN. The van der Waals surface area contributed by atoms with Gasteiger partial charge >= 0.3 is 19.8 Å². The van der Waals surface area contributed by atoms with Crippen molar-refractivity contribution in [2.75, 3.05) is 26.4 Å². The Bertz CT molecular complexity index is 1530. The lowest BCUT2D eigenvalue weighted by Gasteiger charge is -2.19. The average Bonchev–Trinajstić information content (AvgIpc) is 3.42. The molecule has 0 saturated heterocycles. The lowest BCUT2D eigenvalue weighted by Crippen LogP contribution is -2.29. The second kappa shape index (κ2) is 62.4. The van der Waals surface area contributed by atoms with Gasteiger partial charge in [-0.1, -0.05) is 279 Å². The van der Waals surface area contributed by atoms with E-state index in [4.69, 9.17) is 24.3 Å². The molecule has 0 aromatic carbocycles. The van der Waals surface area contributed by atoms with Gasteiger partial charge in [0.25, 0.3) is 0 Å². The van der Waals surface area contributed by atoms with E-state index in [2.05, 4.69) is 98.9 Å². The van der Waals surface area contributed by atoms with E-state index in [1.54, 1.807) is 0 Å². The first kappa shape index (κ1) is 74.2. The maximum absolute atomic E-state index is 12.7. The summed E-state index contributed by atoms with van der Waals surface area (Å²) in [5.41, 5.74) is 5.39. The lowest BCUT2D eigenvalue weighted by molar-refractivity contribution is -0.161. The van der Waals surface area contributed by atoms with Crippen molar-refractivity contribution in [1.82, 2.24) is 0 Å². The Kier molecular flexibility index (Phi) is 60.1. The maximum Gasteiger partial charge on any atom is 0.472 e. The van der Waals surface area contributed by atoms with Crippen molar-refractivity contribution in [2.24, 2.45) is 5.73 Å². The molecule has 0 rings (SSSR count). The third kappa shape index (κ3) is 62.3. The smallest absolute Gasteiger partial charge is 0.462 e. The van der Waals surface area contributed by atoms with Crippen LogP contribution in [0.1, 0.15) is 296 Å². The molecular formula is C67H120NO8P. The highest BCUT2D eigenvalue weighted by molar-refractivity contribution is 7.47. The molecule has 0 bridgehead atoms. The molecule has 0 radical (unpaired) electrons. The zero-order chi connectivity index (χ0) is 55.9. The van der Waals surface area contributed by atoms with Crippen molar-refractivity contribution >= 4 is 19.8 Å². The van der Waals surface area contributed by atoms with Crippen molar-refractivity contribution in [1.29, 1.82) is 0 Å². The average molecular weight is 1100 g/mol. The first-order chi connectivity index (χ1) is 37.8. The lowest BCUT2D eigenvalue weighted by atomic mass is 10.0. The van der Waals surface area contributed by atoms with Crippen LogP contribution in [0.3, 0.4) is 0 Å². The quantitative estimate of drug-likeness (QED) is 0.0264. The van der Waals surface area contributed by atoms with Crippen molar-refractivity contribution in [3.63, 3.8) is 0 Å². The van der Waals surface area contributed by atoms with Gasteiger partial charge in [0.1, 0.15) is 6.61 Å². The molecule has 2 unspecified atom stereocenters. The van der Waals surface area contributed by atoms with Gasteiger partial charge in [-0.05, 0) is 89.9 Å². The van der Waals surface area contributed by atoms with Gasteiger partial charge in [0.15, 0.2) is 6.10 Å². The second-order valence-electron chi connectivity index (χ2n) is 21.2. The van der Waals surface area contributed by atoms with Crippen LogP contribution in [0, 0.1) is 0 Å². The number of allylic oxidation sites excluding steroid dienone is 14. The molecule has 446 valence electrons. The molecule has 0 spiro atoms. The zero-order valence-electron chi connectivity index (χ0n) is 49.9. The zero-order valence-corrected chi connectivity index (χ0v) is 50.8. The molecule has 0 saturated carbocycles. The monoisotopic (exact) mass is 1100 g/mol. The Morgan fingerprint density at radius 2 is 0.714 bits per heavy atom. The molecule has 2 atom stereocenters. The molecule has 0 amide bonds. The Labute approximate surface area is 474 Å². The summed E-state index contributed by atoms with van der Waals surface area (Å²) in [6.45, 7) is 3.65. The number of phosphoric ester groups is 1. The molecule has 0 fully saturated rings. The summed E-state index contributed by atoms with van der Waals surface area (Å²) < 4.78 is 33.1. The van der Waals surface area contributed by atoms with Crippen molar-refractivity contribution < 1.29 is 37.6 Å². The molecule has 0 aromatic rings. The minimum absolute atomic E-state index is 0.0517. The van der Waals surface area contributed by atoms with E-state index in [1.165, 1.54) is 186 Å². The molecule has 0 heterocycles. The first-order valence-electron chi connectivity index (χ1n) is 32.1. The van der Waals surface area contributed by atoms with Crippen LogP contribution in [0.25, 0.3) is 0 Å². The number of carbonyl (C=O) groups is 2. The van der Waals surface area contributed by atoms with E-state index < -0.39 is 26.5 Å². The van der Waals surface area contributed by atoms with Crippen LogP contribution >= 0.6 is 7.82 Å². The minimum atomic E-state index is -4.39. The van der Waals surface area contributed by atoms with Crippen LogP contribution in [0.2, 0.25) is 0 Å². The standard InChI is InChI=1S/C67H120NO8P/c1-3-5-7-9-11-13-15-17-19-21-23-25-27-28-29-30-31-32-33-34-35-36-38-40-42-44-46-48-50-52-54-56-58-60-67(70)76-65(64-75-77(71,72)74-62-61-68)63-73-66(69)59-57-55-53-51-49-47-45-43-41-39-37-26-24-22-20-18-16-14-12-10-8-6-4-2/h5,7,11,13,16-19,22-25,28-29,65H,3-4,6,8-10,12,14-15,20-21,26-27,30-64,68H2,1-2H3,(H,71,72)/b7-5-,13-11-,18-16-,19-17-,24-22-,25-23-,29-28-. The summed E-state index contributed by atoms with van der Waals surface area (Å²) in [5.74, 6) is -0.821. The van der Waals surface area contributed by atoms with E-state index >= 15 is 0 Å². The summed E-state index contributed by atoms with van der Waals surface area (Å²) in [6.07, 6.45) is 82.2. The van der Waals surface area contributed by atoms with Gasteiger partial charge in [-0.25, -0.2) is 4.57 Å². The number of esters is 2. The normalized spacial score (nSPS) is 13.6. The molecule has 9 nitrogen and oxygen atoms in total. The number of ether oxygens (including phenoxy) is 2. The Morgan fingerprint density at radius 3 is 1.06 bits per heavy atom. The number of hydrogen-bond acceptors (Lipinski definition) is 8. The van der Waals surface area contributed by atoms with Crippen LogP contribution in [0.15, 0.2) is 85.1 Å². The van der Waals surface area contributed by atoms with Crippen molar-refractivity contribution in [2.45, 2.75) is 302 Å². The Balaban J connectivity index is 3.90. The van der Waals surface area contributed by atoms with Gasteiger partial charge in [-0.15, -0.1) is 0 Å². The fraction of sp³-hybridized carbons (Fsp3) is 0.761. The third-order valence-corrected chi connectivity index (χ3v) is 14.7. The van der Waals surface area contributed by atoms with Crippen molar-refractivity contribution in [3.05, 3.63) is 85.1 Å². The summed E-state index contributed by atoms with van der Waals surface area (Å²) in [5, 5.41) is 0. The van der Waals surface area contributed by atoms with Gasteiger partial charge < -0.3 is 20.1 Å². The van der Waals surface area contributed by atoms with E-state index in [1.807, 2.05) is 0 Å². The highest BCUT2D eigenvalue weighted by Gasteiger charge is 2.26. The van der Waals surface area contributed by atoms with E-state index in [9.17, 15) is 19.0 Å². The van der Waals surface area contributed by atoms with E-state index in [0.29, 0.717) is 6.42 Å². The third-order valence-electron chi connectivity index (χ3n) is 13.8. The molecule has 0 aliphatic carbocycles. The van der Waals surface area contributed by atoms with E-state index in [-0.39, 0.29) is 38.6 Å². The van der Waals surface area contributed by atoms with Crippen LogP contribution in [0.5, 0.6) is 0 Å². The number of nitrogens with two attached hydrogens (primary N) is 1. The van der Waals surface area contributed by atoms with Gasteiger partial charge in [0.2, 0.25) is 0 Å². The van der Waals surface area contributed by atoms with Gasteiger partial charge in [-0.3, -0.25) is 18.6 Å². The molecule has 0 aromatic heterocycles. The largest absolute Gasteiger partial charge is 0.472 e. The summed E-state index contributed by atoms with van der Waals surface area (Å²) in [4.78, 5) is 35.3. The first-order valence-corrected chi connectivity index (χ1v) is 33.6. The minimum Gasteiger partial charge on any atom is -0.462 e. The summed E-state index contributed by atoms with van der Waals surface area (Å²) in [7, 11) is -4.39. The number of hydrogen-bond donors (Lipinski definition) is 2. The molecule has 10 heteroatoms. The van der Waals surface area contributed by atoms with Gasteiger partial charge in [0.05, 0.1) is 13.2 Å². The second-order valence-corrected chi connectivity index (χ2v) is 22.7. The Morgan fingerprint density at radius 1 is 0.403 bits per heavy atom. The number of unbranched alkanes of at least 4 members (excludes halogenated alkanes) is 33. The molecule has 0 aliphatic rings. The molecule has 77 heavy (non-hydrogen) atoms. The van der Waals surface area contributed by atoms with Crippen LogP contribution in [-0.2, 0) is 32.7 Å². The molecular weight excluding hydrogens is 978 g/mol. The maximum atomic E-state index is 12.7. The molecule has 3 N–H and O–H groups in total. The predicted molar refractivity (Wildman–Crippen MR) is 330 cm³/mol. The fourth-order valence-electron chi connectivity index (χ4n) is 9.05. The molecule has 0 aliphatic heterocycles. The predicted octanol–water partition coefficient (Wildman–Crippen LogP) is 20.6. The number of carbonyl (C=O) groups excluding carboxylic acids is 2. The Hall–Kier alpha value is -2.81. The highest BCUT2D eigenvalue weighted by Crippen LogP contribution is 2.43. The van der Waals surface area contributed by atoms with Crippen molar-refractivity contribution in [3.8, 4) is 0 Å². The van der Waals surface area contributed by atoms with Gasteiger partial charge in [0, 0.05) is 19.4 Å². The number of phosphoric acid groups is 1. The van der Waals surface area contributed by atoms with Crippen LogP contribution < -0.4 is 5.73 Å². The summed E-state index contributed by atoms with van der Waals surface area (Å²) >= 11 is 0. The van der Waals surface area contributed by atoms with E-state index in [0.717, 1.165) is 77.0 Å². The van der Waals surface area contributed by atoms with Crippen LogP contribution in [-0.4, -0.2) is 49.3 Å². The summed E-state index contributed by atoms with van der Waals surface area (Å²) in [6, 6.07) is 0. The fourth-order valence-corrected chi connectivity index (χ4v) is 9.81. The van der Waals surface area contributed by atoms with Crippen LogP contribution in [0.4, 0.5) is 0 Å². The topological polar surface area (TPSA) is 134 Å². The number of rotatable bonds is 60.